The first kappa shape index (κ1) is 18.6. The van der Waals surface area contributed by atoms with Crippen LogP contribution in [0.4, 0.5) is 0 Å². The zero-order valence-electron chi connectivity index (χ0n) is 14.9. The molecule has 0 fully saturated rings. The molecular weight excluding hydrogens is 350 g/mol. The van der Waals surface area contributed by atoms with Crippen molar-refractivity contribution in [3.05, 3.63) is 64.6 Å². The van der Waals surface area contributed by atoms with E-state index in [1.165, 1.54) is 0 Å². The number of aromatic nitrogens is 2. The van der Waals surface area contributed by atoms with E-state index >= 15 is 0 Å². The fourth-order valence-electron chi connectivity index (χ4n) is 2.99. The largest absolute Gasteiger partial charge is 0.710 e. The lowest BCUT2D eigenvalue weighted by Crippen LogP contribution is -2.41. The lowest BCUT2D eigenvalue weighted by Gasteiger charge is -2.23. The Morgan fingerprint density at radius 1 is 1.23 bits per heavy atom. The molecule has 0 aliphatic carbocycles. The third-order valence-electron chi connectivity index (χ3n) is 4.39. The zero-order chi connectivity index (χ0) is 18.7. The molecule has 0 spiro atoms. The van der Waals surface area contributed by atoms with Crippen LogP contribution in [0.2, 0.25) is 5.02 Å². The van der Waals surface area contributed by atoms with Gasteiger partial charge in [-0.3, -0.25) is 4.90 Å². The van der Waals surface area contributed by atoms with Crippen molar-refractivity contribution < 1.29 is 9.84 Å². The molecule has 2 aromatic carbocycles. The fraction of sp³-hybridized carbons (Fsp3) is 0.300. The molecule has 3 aromatic rings. The van der Waals surface area contributed by atoms with Gasteiger partial charge in [-0.25, -0.2) is 4.73 Å². The molecule has 3 rings (SSSR count). The Hall–Kier alpha value is -2.21. The molecule has 0 aliphatic heterocycles. The van der Waals surface area contributed by atoms with Gasteiger partial charge in [-0.2, -0.15) is 0 Å². The molecule has 0 aliphatic rings. The summed E-state index contributed by atoms with van der Waals surface area (Å²) in [5.41, 5.74) is 2.02. The Balaban J connectivity index is 2.14. The van der Waals surface area contributed by atoms with E-state index in [1.54, 1.807) is 24.1 Å². The van der Waals surface area contributed by atoms with Gasteiger partial charge in [-0.1, -0.05) is 55.3 Å². The van der Waals surface area contributed by atoms with Crippen LogP contribution in [0.15, 0.2) is 48.5 Å². The Morgan fingerprint density at radius 3 is 2.65 bits per heavy atom. The summed E-state index contributed by atoms with van der Waals surface area (Å²) in [5.74, 6) is 0.344. The van der Waals surface area contributed by atoms with E-state index in [9.17, 15) is 10.3 Å². The average Bonchev–Trinajstić information content (AvgIpc) is 2.63. The first-order valence-electron chi connectivity index (χ1n) is 8.66. The molecule has 0 saturated heterocycles. The van der Waals surface area contributed by atoms with Gasteiger partial charge >= 0.3 is 5.82 Å². The maximum atomic E-state index is 13.1. The van der Waals surface area contributed by atoms with Crippen LogP contribution in [0.1, 0.15) is 25.6 Å². The molecule has 5 nitrogen and oxygen atoms in total. The second kappa shape index (κ2) is 7.99. The van der Waals surface area contributed by atoms with E-state index in [-0.39, 0.29) is 6.54 Å². The second-order valence-corrected chi connectivity index (χ2v) is 6.82. The first-order valence-corrected chi connectivity index (χ1v) is 9.04. The molecule has 0 saturated carbocycles. The van der Waals surface area contributed by atoms with Crippen molar-refractivity contribution in [1.82, 2.24) is 9.88 Å². The molecule has 0 amide bonds. The molecule has 1 atom stereocenters. The van der Waals surface area contributed by atoms with Crippen LogP contribution in [-0.2, 0) is 6.54 Å². The summed E-state index contributed by atoms with van der Waals surface area (Å²) < 4.78 is 0.850. The Morgan fingerprint density at radius 2 is 1.96 bits per heavy atom. The van der Waals surface area contributed by atoms with Crippen LogP contribution < -0.4 is 4.73 Å². The van der Waals surface area contributed by atoms with Crippen LogP contribution in [-0.4, -0.2) is 28.3 Å². The standard InChI is InChI=1S/C20H22ClN3O2/c1-3-7-19(25)23(2)13-18-22-17-11-10-15(21)12-16(17)20(24(18)26)14-8-5-4-6-9-14/h4-6,8-12,19,25H,3,7,13H2,1-2H3. The third-order valence-corrected chi connectivity index (χ3v) is 4.63. The van der Waals surface area contributed by atoms with Gasteiger partial charge in [0.15, 0.2) is 5.52 Å². The highest BCUT2D eigenvalue weighted by molar-refractivity contribution is 6.31. The summed E-state index contributed by atoms with van der Waals surface area (Å²) in [6.45, 7) is 2.26. The van der Waals surface area contributed by atoms with Crippen molar-refractivity contribution in [2.24, 2.45) is 0 Å². The molecule has 136 valence electrons. The number of rotatable bonds is 6. The smallest absolute Gasteiger partial charge is 0.316 e. The van der Waals surface area contributed by atoms with E-state index in [0.29, 0.717) is 33.9 Å². The molecule has 6 heteroatoms. The minimum Gasteiger partial charge on any atom is -0.710 e. The lowest BCUT2D eigenvalue weighted by atomic mass is 10.1. The van der Waals surface area contributed by atoms with Crippen molar-refractivity contribution in [2.75, 3.05) is 7.05 Å². The number of benzene rings is 2. The minimum absolute atomic E-state index is 0.253. The highest BCUT2D eigenvalue weighted by atomic mass is 35.5. The third kappa shape index (κ3) is 3.80. The predicted molar refractivity (Wildman–Crippen MR) is 104 cm³/mol. The van der Waals surface area contributed by atoms with Crippen LogP contribution >= 0.6 is 11.6 Å². The quantitative estimate of drug-likeness (QED) is 0.407. The van der Waals surface area contributed by atoms with E-state index in [4.69, 9.17) is 11.6 Å². The zero-order valence-corrected chi connectivity index (χ0v) is 15.6. The average molecular weight is 372 g/mol. The van der Waals surface area contributed by atoms with Gasteiger partial charge < -0.3 is 10.3 Å². The van der Waals surface area contributed by atoms with Gasteiger partial charge in [-0.15, -0.1) is 0 Å². The maximum Gasteiger partial charge on any atom is 0.316 e. The van der Waals surface area contributed by atoms with E-state index in [0.717, 1.165) is 16.7 Å². The van der Waals surface area contributed by atoms with Crippen molar-refractivity contribution in [3.63, 3.8) is 0 Å². The number of fused-ring (bicyclic) bond motifs is 1. The fourth-order valence-corrected chi connectivity index (χ4v) is 3.17. The molecule has 1 unspecified atom stereocenters. The van der Waals surface area contributed by atoms with Gasteiger partial charge in [0.1, 0.15) is 18.5 Å². The minimum atomic E-state index is -0.608. The Kier molecular flexibility index (Phi) is 5.71. The van der Waals surface area contributed by atoms with Gasteiger partial charge in [0.2, 0.25) is 0 Å². The summed E-state index contributed by atoms with van der Waals surface area (Å²) in [7, 11) is 1.79. The number of hydrogen-bond donors (Lipinski definition) is 1. The number of nitrogens with zero attached hydrogens (tertiary/aromatic N) is 3. The van der Waals surface area contributed by atoms with Crippen LogP contribution in [0, 0.1) is 5.21 Å². The van der Waals surface area contributed by atoms with Crippen LogP contribution in [0.25, 0.3) is 22.2 Å². The van der Waals surface area contributed by atoms with Crippen molar-refractivity contribution in [1.29, 1.82) is 0 Å². The van der Waals surface area contributed by atoms with Crippen molar-refractivity contribution in [2.45, 2.75) is 32.5 Å². The number of halogens is 1. The normalized spacial score (nSPS) is 12.7. The molecule has 1 N–H and O–H groups in total. The number of aliphatic hydroxyl groups is 1. The highest BCUT2D eigenvalue weighted by Gasteiger charge is 2.23. The van der Waals surface area contributed by atoms with Crippen molar-refractivity contribution >= 4 is 22.5 Å². The molecule has 0 bridgehead atoms. The van der Waals surface area contributed by atoms with Gasteiger partial charge in [-0.05, 0) is 36.7 Å². The second-order valence-electron chi connectivity index (χ2n) is 6.38. The predicted octanol–water partition coefficient (Wildman–Crippen LogP) is 3.74. The lowest BCUT2D eigenvalue weighted by molar-refractivity contribution is -0.606. The van der Waals surface area contributed by atoms with E-state index < -0.39 is 6.23 Å². The SMILES string of the molecule is CCCC(O)N(C)Cc1nc2ccc(Cl)cc2c(-c2ccccc2)[n+]1[O-]. The number of aliphatic hydroxyl groups excluding tert-OH is 1. The summed E-state index contributed by atoms with van der Waals surface area (Å²) >= 11 is 6.15. The molecule has 0 radical (unpaired) electrons. The Labute approximate surface area is 158 Å². The summed E-state index contributed by atoms with van der Waals surface area (Å²) in [4.78, 5) is 6.26. The van der Waals surface area contributed by atoms with Crippen molar-refractivity contribution in [3.8, 4) is 11.3 Å². The summed E-state index contributed by atoms with van der Waals surface area (Å²) in [6, 6.07) is 14.8. The van der Waals surface area contributed by atoms with Gasteiger partial charge in [0.25, 0.3) is 0 Å². The Bertz CT molecular complexity index is 902. The van der Waals surface area contributed by atoms with E-state index in [2.05, 4.69) is 4.98 Å². The molecule has 26 heavy (non-hydrogen) atoms. The highest BCUT2D eigenvalue weighted by Crippen LogP contribution is 2.27. The summed E-state index contributed by atoms with van der Waals surface area (Å²) in [6.07, 6.45) is 0.897. The molecule has 1 heterocycles. The summed E-state index contributed by atoms with van der Waals surface area (Å²) in [5, 5.41) is 24.6. The monoisotopic (exact) mass is 371 g/mol. The number of hydrogen-bond acceptors (Lipinski definition) is 4. The maximum absolute atomic E-state index is 13.1. The molecular formula is C20H22ClN3O2. The van der Waals surface area contributed by atoms with E-state index in [1.807, 2.05) is 43.3 Å². The van der Waals surface area contributed by atoms with Crippen LogP contribution in [0.5, 0.6) is 0 Å². The van der Waals surface area contributed by atoms with Gasteiger partial charge in [0, 0.05) is 10.6 Å². The van der Waals surface area contributed by atoms with Gasteiger partial charge in [0.05, 0.1) is 5.39 Å². The van der Waals surface area contributed by atoms with Crippen LogP contribution in [0.3, 0.4) is 0 Å². The first-order chi connectivity index (χ1) is 12.5. The molecule has 1 aromatic heterocycles. The topological polar surface area (TPSA) is 63.3 Å².